The summed E-state index contributed by atoms with van der Waals surface area (Å²) in [7, 11) is 0. The Balaban J connectivity index is 1.86. The molecule has 1 atom stereocenters. The topological polar surface area (TPSA) is 70.0 Å². The van der Waals surface area contributed by atoms with E-state index in [-0.39, 0.29) is 24.8 Å². The number of benzene rings is 1. The minimum Gasteiger partial charge on any atom is -0.481 e. The van der Waals surface area contributed by atoms with Gasteiger partial charge in [-0.05, 0) is 23.9 Å². The van der Waals surface area contributed by atoms with Crippen molar-refractivity contribution in [3.05, 3.63) is 57.8 Å². The van der Waals surface area contributed by atoms with Crippen LogP contribution in [0.3, 0.4) is 0 Å². The van der Waals surface area contributed by atoms with E-state index in [0.29, 0.717) is 6.42 Å². The van der Waals surface area contributed by atoms with Crippen molar-refractivity contribution in [1.29, 1.82) is 0 Å². The summed E-state index contributed by atoms with van der Waals surface area (Å²) in [6.07, 6.45) is 0.423. The zero-order chi connectivity index (χ0) is 17.1. The van der Waals surface area contributed by atoms with Gasteiger partial charge >= 0.3 is 5.97 Å². The van der Waals surface area contributed by atoms with Crippen LogP contribution >= 0.6 is 11.3 Å². The Labute approximate surface area is 144 Å². The van der Waals surface area contributed by atoms with Crippen LogP contribution in [0.5, 0.6) is 0 Å². The van der Waals surface area contributed by atoms with Crippen LogP contribution in [0.4, 0.5) is 0 Å². The standard InChI is InChI=1S/C18H18N2O3S/c1-12-4-6-13(7-5-12)14-11-15(16-3-2-10-24-16)20(19-14)17(21)8-9-18(22)23/h2-7,10,15H,8-9,11H2,1H3,(H,22,23)/t15-/m0/s1. The van der Waals surface area contributed by atoms with Gasteiger partial charge in [-0.25, -0.2) is 5.01 Å². The smallest absolute Gasteiger partial charge is 0.303 e. The summed E-state index contributed by atoms with van der Waals surface area (Å²) in [5.74, 6) is -1.23. The number of hydrazone groups is 1. The Hall–Kier alpha value is -2.47. The van der Waals surface area contributed by atoms with Crippen LogP contribution in [0, 0.1) is 6.92 Å². The van der Waals surface area contributed by atoms with Gasteiger partial charge in [0.25, 0.3) is 0 Å². The number of hydrogen-bond donors (Lipinski definition) is 1. The Kier molecular flexibility index (Phi) is 4.76. The van der Waals surface area contributed by atoms with Crippen molar-refractivity contribution < 1.29 is 14.7 Å². The number of carbonyl (C=O) groups is 2. The van der Waals surface area contributed by atoms with Gasteiger partial charge in [-0.2, -0.15) is 5.10 Å². The molecule has 0 radical (unpaired) electrons. The van der Waals surface area contributed by atoms with Gasteiger partial charge in [-0.1, -0.05) is 35.9 Å². The molecule has 1 aromatic heterocycles. The maximum Gasteiger partial charge on any atom is 0.303 e. The number of amides is 1. The molecule has 1 aliphatic rings. The molecule has 0 aliphatic carbocycles. The number of aryl methyl sites for hydroxylation is 1. The Morgan fingerprint density at radius 3 is 2.62 bits per heavy atom. The highest BCUT2D eigenvalue weighted by atomic mass is 32.1. The van der Waals surface area contributed by atoms with Crippen LogP contribution < -0.4 is 0 Å². The molecule has 0 saturated carbocycles. The molecule has 5 nitrogen and oxygen atoms in total. The lowest BCUT2D eigenvalue weighted by molar-refractivity contribution is -0.141. The Morgan fingerprint density at radius 1 is 1.25 bits per heavy atom. The highest BCUT2D eigenvalue weighted by molar-refractivity contribution is 7.10. The van der Waals surface area contributed by atoms with Crippen LogP contribution in [0.1, 0.15) is 41.3 Å². The molecule has 1 amide bonds. The number of rotatable bonds is 5. The van der Waals surface area contributed by atoms with E-state index in [1.54, 1.807) is 11.3 Å². The monoisotopic (exact) mass is 342 g/mol. The predicted molar refractivity (Wildman–Crippen MR) is 93.1 cm³/mol. The highest BCUT2D eigenvalue weighted by Gasteiger charge is 2.33. The molecular weight excluding hydrogens is 324 g/mol. The van der Waals surface area contributed by atoms with Crippen LogP contribution in [0.15, 0.2) is 46.9 Å². The lowest BCUT2D eigenvalue weighted by Gasteiger charge is -2.20. The van der Waals surface area contributed by atoms with E-state index in [2.05, 4.69) is 5.10 Å². The molecular formula is C18H18N2O3S. The summed E-state index contributed by atoms with van der Waals surface area (Å²) in [5, 5.41) is 16.8. The van der Waals surface area contributed by atoms with E-state index in [1.807, 2.05) is 48.7 Å². The summed E-state index contributed by atoms with van der Waals surface area (Å²) in [6.45, 7) is 2.02. The SMILES string of the molecule is Cc1ccc(C2=NN(C(=O)CCC(=O)O)[C@H](c3cccs3)C2)cc1. The summed E-state index contributed by atoms with van der Waals surface area (Å²) in [6, 6.07) is 11.8. The van der Waals surface area contributed by atoms with E-state index in [1.165, 1.54) is 10.6 Å². The summed E-state index contributed by atoms with van der Waals surface area (Å²) in [4.78, 5) is 24.2. The first-order valence-electron chi connectivity index (χ1n) is 7.76. The number of carboxylic acids is 1. The number of carbonyl (C=O) groups excluding carboxylic acids is 1. The van der Waals surface area contributed by atoms with Crippen molar-refractivity contribution in [1.82, 2.24) is 5.01 Å². The second kappa shape index (κ2) is 6.97. The zero-order valence-corrected chi connectivity index (χ0v) is 14.1. The summed E-state index contributed by atoms with van der Waals surface area (Å²) in [5.41, 5.74) is 3.02. The number of carboxylic acid groups (broad SMARTS) is 1. The first-order chi connectivity index (χ1) is 11.5. The minimum atomic E-state index is -0.974. The van der Waals surface area contributed by atoms with E-state index in [0.717, 1.165) is 16.2 Å². The van der Waals surface area contributed by atoms with Gasteiger partial charge in [-0.15, -0.1) is 11.3 Å². The fourth-order valence-corrected chi connectivity index (χ4v) is 3.50. The lowest BCUT2D eigenvalue weighted by Crippen LogP contribution is -2.26. The highest BCUT2D eigenvalue weighted by Crippen LogP contribution is 2.35. The molecule has 0 saturated heterocycles. The van der Waals surface area contributed by atoms with E-state index < -0.39 is 5.97 Å². The second-order valence-corrected chi connectivity index (χ2v) is 6.76. The van der Waals surface area contributed by atoms with Crippen molar-refractivity contribution in [2.75, 3.05) is 0 Å². The molecule has 1 N–H and O–H groups in total. The number of nitrogens with zero attached hydrogens (tertiary/aromatic N) is 2. The molecule has 1 aromatic carbocycles. The van der Waals surface area contributed by atoms with Crippen molar-refractivity contribution >= 4 is 28.9 Å². The molecule has 0 bridgehead atoms. The minimum absolute atomic E-state index is 0.0398. The van der Waals surface area contributed by atoms with Gasteiger partial charge in [-0.3, -0.25) is 9.59 Å². The van der Waals surface area contributed by atoms with Crippen LogP contribution in [0.25, 0.3) is 0 Å². The first kappa shape index (κ1) is 16.4. The van der Waals surface area contributed by atoms with Crippen LogP contribution in [0.2, 0.25) is 0 Å². The quantitative estimate of drug-likeness (QED) is 0.902. The van der Waals surface area contributed by atoms with Gasteiger partial charge in [0.05, 0.1) is 18.2 Å². The molecule has 0 fully saturated rings. The molecule has 124 valence electrons. The predicted octanol–water partition coefficient (Wildman–Crippen LogP) is 3.60. The van der Waals surface area contributed by atoms with E-state index in [4.69, 9.17) is 5.11 Å². The van der Waals surface area contributed by atoms with E-state index >= 15 is 0 Å². The average molecular weight is 342 g/mol. The fraction of sp³-hybridized carbons (Fsp3) is 0.278. The average Bonchev–Trinajstić information content (AvgIpc) is 3.22. The maximum atomic E-state index is 12.4. The lowest BCUT2D eigenvalue weighted by atomic mass is 10.0. The maximum absolute atomic E-state index is 12.4. The normalized spacial score (nSPS) is 17.0. The zero-order valence-electron chi connectivity index (χ0n) is 13.3. The van der Waals surface area contributed by atoms with Crippen LogP contribution in [-0.4, -0.2) is 27.7 Å². The number of hydrogen-bond acceptors (Lipinski definition) is 4. The van der Waals surface area contributed by atoms with Gasteiger partial charge in [0, 0.05) is 17.7 Å². The molecule has 6 heteroatoms. The number of aliphatic carboxylic acids is 1. The van der Waals surface area contributed by atoms with Crippen molar-refractivity contribution in [2.24, 2.45) is 5.10 Å². The first-order valence-corrected chi connectivity index (χ1v) is 8.64. The molecule has 2 aromatic rings. The summed E-state index contributed by atoms with van der Waals surface area (Å²) < 4.78 is 0. The van der Waals surface area contributed by atoms with E-state index in [9.17, 15) is 9.59 Å². The fourth-order valence-electron chi connectivity index (χ4n) is 2.69. The van der Waals surface area contributed by atoms with Crippen molar-refractivity contribution in [3.63, 3.8) is 0 Å². The second-order valence-electron chi connectivity index (χ2n) is 5.78. The third-order valence-corrected chi connectivity index (χ3v) is 4.95. The Bertz CT molecular complexity index is 766. The summed E-state index contributed by atoms with van der Waals surface area (Å²) >= 11 is 1.58. The molecule has 0 unspecified atom stereocenters. The molecule has 1 aliphatic heterocycles. The van der Waals surface area contributed by atoms with Gasteiger partial charge in [0.2, 0.25) is 5.91 Å². The van der Waals surface area contributed by atoms with Crippen molar-refractivity contribution in [3.8, 4) is 0 Å². The van der Waals surface area contributed by atoms with Crippen LogP contribution in [-0.2, 0) is 9.59 Å². The largest absolute Gasteiger partial charge is 0.481 e. The molecule has 3 rings (SSSR count). The molecule has 2 heterocycles. The van der Waals surface area contributed by atoms with Crippen molar-refractivity contribution in [2.45, 2.75) is 32.2 Å². The molecule has 24 heavy (non-hydrogen) atoms. The van der Waals surface area contributed by atoms with Gasteiger partial charge in [0.15, 0.2) is 0 Å². The third kappa shape index (κ3) is 3.54. The van der Waals surface area contributed by atoms with Gasteiger partial charge in [0.1, 0.15) is 0 Å². The third-order valence-electron chi connectivity index (χ3n) is 3.98. The molecule has 0 spiro atoms. The Morgan fingerprint density at radius 2 is 2.00 bits per heavy atom. The van der Waals surface area contributed by atoms with Gasteiger partial charge < -0.3 is 5.11 Å². The number of thiophene rings is 1.